The zero-order valence-electron chi connectivity index (χ0n) is 22.9. The fourth-order valence-corrected chi connectivity index (χ4v) is 5.12. The Labute approximate surface area is 233 Å². The smallest absolute Gasteiger partial charge is 0.186 e. The molecule has 0 radical (unpaired) electrons. The van der Waals surface area contributed by atoms with Crippen molar-refractivity contribution in [3.63, 3.8) is 0 Å². The van der Waals surface area contributed by atoms with Crippen LogP contribution in [-0.4, -0.2) is 62.1 Å². The van der Waals surface area contributed by atoms with E-state index >= 15 is 0 Å². The summed E-state index contributed by atoms with van der Waals surface area (Å²) in [6.07, 6.45) is 11.4. The summed E-state index contributed by atoms with van der Waals surface area (Å²) in [5.41, 5.74) is 3.52. The van der Waals surface area contributed by atoms with Crippen LogP contribution < -0.4 is 19.7 Å². The van der Waals surface area contributed by atoms with E-state index in [2.05, 4.69) is 20.2 Å². The summed E-state index contributed by atoms with van der Waals surface area (Å²) in [6, 6.07) is 9.60. The number of hydrogen-bond donors (Lipinski definition) is 1. The predicted octanol–water partition coefficient (Wildman–Crippen LogP) is 5.27. The van der Waals surface area contributed by atoms with Crippen molar-refractivity contribution in [2.45, 2.75) is 32.1 Å². The third-order valence-electron chi connectivity index (χ3n) is 7.16. The first kappa shape index (κ1) is 27.3. The lowest BCUT2D eigenvalue weighted by atomic mass is 9.93. The summed E-state index contributed by atoms with van der Waals surface area (Å²) in [6.45, 7) is 2.66. The number of nitrogens with zero attached hydrogens (tertiary/aromatic N) is 3. The number of carbonyl (C=O) groups is 2. The lowest BCUT2D eigenvalue weighted by Crippen LogP contribution is -2.28. The molecule has 0 saturated carbocycles. The Balaban J connectivity index is 1.52. The van der Waals surface area contributed by atoms with Crippen LogP contribution in [0.3, 0.4) is 0 Å². The first-order chi connectivity index (χ1) is 19.6. The molecule has 1 aliphatic carbocycles. The molecule has 0 unspecified atom stereocenters. The minimum absolute atomic E-state index is 0.178. The molecule has 3 aromatic rings. The Morgan fingerprint density at radius 2 is 1.70 bits per heavy atom. The van der Waals surface area contributed by atoms with E-state index in [9.17, 15) is 9.59 Å². The van der Waals surface area contributed by atoms with E-state index in [1.807, 2.05) is 30.3 Å². The van der Waals surface area contributed by atoms with Crippen LogP contribution in [0.5, 0.6) is 11.5 Å². The number of fused-ring (bicyclic) bond motifs is 1. The van der Waals surface area contributed by atoms with Gasteiger partial charge in [-0.3, -0.25) is 9.59 Å². The largest absolute Gasteiger partial charge is 0.493 e. The van der Waals surface area contributed by atoms with Gasteiger partial charge in [-0.05, 0) is 55.3 Å². The number of carbonyl (C=O) groups excluding carboxylic acids is 2. The zero-order valence-corrected chi connectivity index (χ0v) is 22.9. The number of anilines is 3. The van der Waals surface area contributed by atoms with Crippen LogP contribution in [0.2, 0.25) is 0 Å². The van der Waals surface area contributed by atoms with Crippen LogP contribution in [0, 0.1) is 0 Å². The van der Waals surface area contributed by atoms with Crippen molar-refractivity contribution < 1.29 is 23.8 Å². The van der Waals surface area contributed by atoms with Crippen LogP contribution >= 0.6 is 0 Å². The predicted molar refractivity (Wildman–Crippen MR) is 156 cm³/mol. The molecule has 208 valence electrons. The molecular formula is C31H34N4O5. The van der Waals surface area contributed by atoms with Crippen LogP contribution in [0.1, 0.15) is 37.7 Å². The van der Waals surface area contributed by atoms with Crippen molar-refractivity contribution in [1.29, 1.82) is 0 Å². The molecule has 1 saturated heterocycles. The second kappa shape index (κ2) is 12.7. The van der Waals surface area contributed by atoms with Crippen LogP contribution in [0.25, 0.3) is 16.5 Å². The van der Waals surface area contributed by atoms with Crippen molar-refractivity contribution in [2.24, 2.45) is 0 Å². The zero-order chi connectivity index (χ0) is 27.9. The highest BCUT2D eigenvalue weighted by atomic mass is 16.5. The van der Waals surface area contributed by atoms with Gasteiger partial charge in [0, 0.05) is 54.2 Å². The van der Waals surface area contributed by atoms with Gasteiger partial charge in [0.05, 0.1) is 19.2 Å². The number of ketones is 2. The normalized spacial score (nSPS) is 15.9. The van der Waals surface area contributed by atoms with Crippen molar-refractivity contribution in [3.05, 3.63) is 60.5 Å². The van der Waals surface area contributed by atoms with E-state index in [0.717, 1.165) is 48.3 Å². The molecule has 0 amide bonds. The average molecular weight is 543 g/mol. The second-order valence-electron chi connectivity index (χ2n) is 9.85. The molecule has 1 aliphatic heterocycles. The Hall–Kier alpha value is -4.24. The van der Waals surface area contributed by atoms with Gasteiger partial charge in [-0.15, -0.1) is 0 Å². The van der Waals surface area contributed by atoms with Gasteiger partial charge in [0.2, 0.25) is 0 Å². The van der Waals surface area contributed by atoms with Crippen LogP contribution in [0.4, 0.5) is 17.2 Å². The summed E-state index contributed by atoms with van der Waals surface area (Å²) in [4.78, 5) is 36.5. The van der Waals surface area contributed by atoms with Gasteiger partial charge in [0.1, 0.15) is 18.8 Å². The summed E-state index contributed by atoms with van der Waals surface area (Å²) in [5, 5.41) is 4.15. The molecule has 1 N–H and O–H groups in total. The molecule has 0 atom stereocenters. The van der Waals surface area contributed by atoms with Gasteiger partial charge in [-0.2, -0.15) is 0 Å². The fraction of sp³-hybridized carbons (Fsp3) is 0.355. The fourth-order valence-electron chi connectivity index (χ4n) is 5.12. The topological polar surface area (TPSA) is 103 Å². The van der Waals surface area contributed by atoms with E-state index < -0.39 is 0 Å². The third-order valence-corrected chi connectivity index (χ3v) is 7.16. The Bertz CT molecular complexity index is 1460. The molecule has 9 nitrogen and oxygen atoms in total. The maximum absolute atomic E-state index is 12.9. The van der Waals surface area contributed by atoms with Gasteiger partial charge in [0.25, 0.3) is 0 Å². The van der Waals surface area contributed by atoms with Crippen molar-refractivity contribution in [2.75, 3.05) is 50.7 Å². The van der Waals surface area contributed by atoms with E-state index in [1.165, 1.54) is 43.8 Å². The summed E-state index contributed by atoms with van der Waals surface area (Å²) >= 11 is 0. The molecule has 2 aliphatic rings. The van der Waals surface area contributed by atoms with Crippen molar-refractivity contribution in [3.8, 4) is 11.5 Å². The molecule has 0 bridgehead atoms. The molecule has 0 spiro atoms. The van der Waals surface area contributed by atoms with E-state index in [4.69, 9.17) is 14.2 Å². The Morgan fingerprint density at radius 3 is 2.48 bits per heavy atom. The van der Waals surface area contributed by atoms with E-state index in [1.54, 1.807) is 14.2 Å². The number of ether oxygens (including phenoxy) is 3. The SMILES string of the molecule is COCCOc1cc2ncnc(Nc3ccc(N4CCCCCCC4)c(C4=CC(=O)C=CC4=O)c3)c2cc1OC. The molecule has 40 heavy (non-hydrogen) atoms. The number of rotatable bonds is 9. The maximum atomic E-state index is 12.9. The van der Waals surface area contributed by atoms with Gasteiger partial charge in [-0.25, -0.2) is 9.97 Å². The van der Waals surface area contributed by atoms with Crippen LogP contribution in [0.15, 0.2) is 54.9 Å². The molecule has 9 heteroatoms. The summed E-state index contributed by atoms with van der Waals surface area (Å²) < 4.78 is 16.5. The molecule has 2 heterocycles. The first-order valence-corrected chi connectivity index (χ1v) is 13.7. The lowest BCUT2D eigenvalue weighted by molar-refractivity contribution is -0.113. The highest BCUT2D eigenvalue weighted by Crippen LogP contribution is 2.37. The quantitative estimate of drug-likeness (QED) is 0.286. The second-order valence-corrected chi connectivity index (χ2v) is 9.85. The van der Waals surface area contributed by atoms with Gasteiger partial charge in [0.15, 0.2) is 23.1 Å². The molecule has 2 aromatic carbocycles. The monoisotopic (exact) mass is 542 g/mol. The van der Waals surface area contributed by atoms with E-state index in [-0.39, 0.29) is 11.6 Å². The van der Waals surface area contributed by atoms with Gasteiger partial charge < -0.3 is 24.4 Å². The number of methoxy groups -OCH3 is 2. The Kier molecular flexibility index (Phi) is 8.71. The summed E-state index contributed by atoms with van der Waals surface area (Å²) in [5.74, 6) is 1.33. The minimum Gasteiger partial charge on any atom is -0.493 e. The number of hydrogen-bond acceptors (Lipinski definition) is 9. The van der Waals surface area contributed by atoms with Crippen molar-refractivity contribution in [1.82, 2.24) is 9.97 Å². The number of benzene rings is 2. The Morgan fingerprint density at radius 1 is 0.900 bits per heavy atom. The molecular weight excluding hydrogens is 508 g/mol. The van der Waals surface area contributed by atoms with E-state index in [0.29, 0.717) is 41.6 Å². The first-order valence-electron chi connectivity index (χ1n) is 13.7. The highest BCUT2D eigenvalue weighted by molar-refractivity contribution is 6.34. The number of allylic oxidation sites excluding steroid dienone is 4. The van der Waals surface area contributed by atoms with Crippen LogP contribution in [-0.2, 0) is 14.3 Å². The number of aromatic nitrogens is 2. The molecule has 1 fully saturated rings. The third kappa shape index (κ3) is 6.15. The summed E-state index contributed by atoms with van der Waals surface area (Å²) in [7, 11) is 3.20. The maximum Gasteiger partial charge on any atom is 0.186 e. The highest BCUT2D eigenvalue weighted by Gasteiger charge is 2.22. The van der Waals surface area contributed by atoms with Crippen molar-refractivity contribution >= 4 is 45.2 Å². The van der Waals surface area contributed by atoms with Gasteiger partial charge in [-0.1, -0.05) is 19.3 Å². The average Bonchev–Trinajstić information content (AvgIpc) is 2.94. The standard InChI is InChI=1S/C31H34N4O5/c1-38-14-15-40-30-19-26-25(18-29(30)39-2)31(33-20-32-26)34-21-8-10-27(35-12-6-4-3-5-7-13-35)23(16-21)24-17-22(36)9-11-28(24)37/h8-11,16-20H,3-7,12-15H2,1-2H3,(H,32,33,34). The lowest BCUT2D eigenvalue weighted by Gasteiger charge is -2.30. The molecule has 1 aromatic heterocycles. The number of nitrogens with one attached hydrogen (secondary N) is 1. The van der Waals surface area contributed by atoms with Gasteiger partial charge >= 0.3 is 0 Å². The minimum atomic E-state index is -0.191. The molecule has 5 rings (SSSR count).